The van der Waals surface area contributed by atoms with Crippen molar-refractivity contribution in [2.75, 3.05) is 0 Å². The normalized spacial score (nSPS) is 10.9. The summed E-state index contributed by atoms with van der Waals surface area (Å²) in [6, 6.07) is 10.9. The number of aromatic nitrogens is 1. The van der Waals surface area contributed by atoms with Crippen LogP contribution >= 0.6 is 0 Å². The molecule has 0 aliphatic rings. The maximum Gasteiger partial charge on any atom is 0.128 e. The summed E-state index contributed by atoms with van der Waals surface area (Å²) in [6.07, 6.45) is 3.11. The second-order valence-corrected chi connectivity index (χ2v) is 4.60. The van der Waals surface area contributed by atoms with Crippen molar-refractivity contribution in [3.05, 3.63) is 71.4 Å². The van der Waals surface area contributed by atoms with Gasteiger partial charge in [-0.1, -0.05) is 12.1 Å². The van der Waals surface area contributed by atoms with Crippen LogP contribution in [0.4, 0.5) is 8.78 Å². The van der Waals surface area contributed by atoms with E-state index in [0.717, 1.165) is 28.6 Å². The van der Waals surface area contributed by atoms with E-state index in [4.69, 9.17) is 5.41 Å². The molecular weight excluding hydrogens is 258 g/mol. The van der Waals surface area contributed by atoms with Gasteiger partial charge in [0, 0.05) is 34.4 Å². The minimum atomic E-state index is -0.446. The van der Waals surface area contributed by atoms with Crippen molar-refractivity contribution in [2.24, 2.45) is 0 Å². The third-order valence-corrected chi connectivity index (χ3v) is 3.35. The molecule has 1 N–H and O–H groups in total. The van der Waals surface area contributed by atoms with Crippen molar-refractivity contribution >= 4 is 17.1 Å². The van der Waals surface area contributed by atoms with Crippen molar-refractivity contribution in [1.29, 1.82) is 5.41 Å². The van der Waals surface area contributed by atoms with Gasteiger partial charge in [0.05, 0.1) is 6.54 Å². The molecule has 3 rings (SSSR count). The van der Waals surface area contributed by atoms with Gasteiger partial charge >= 0.3 is 0 Å². The molecule has 0 saturated carbocycles. The first-order valence-electron chi connectivity index (χ1n) is 6.21. The zero-order chi connectivity index (χ0) is 14.1. The first-order chi connectivity index (χ1) is 9.69. The van der Waals surface area contributed by atoms with E-state index in [1.807, 2.05) is 35.0 Å². The average molecular weight is 270 g/mol. The number of hydrogen-bond acceptors (Lipinski definition) is 1. The maximum absolute atomic E-state index is 13.7. The summed E-state index contributed by atoms with van der Waals surface area (Å²) in [5.74, 6) is -0.866. The summed E-state index contributed by atoms with van der Waals surface area (Å²) in [5.41, 5.74) is 2.01. The Hall–Kier alpha value is -2.49. The van der Waals surface area contributed by atoms with Gasteiger partial charge in [0.25, 0.3) is 0 Å². The molecule has 2 aromatic carbocycles. The Morgan fingerprint density at radius 1 is 1.10 bits per heavy atom. The van der Waals surface area contributed by atoms with Crippen LogP contribution in [0.5, 0.6) is 0 Å². The topological polar surface area (TPSA) is 28.8 Å². The largest absolute Gasteiger partial charge is 0.343 e. The molecule has 3 aromatic rings. The molecule has 0 aliphatic carbocycles. The number of hydrogen-bond donors (Lipinski definition) is 1. The smallest absolute Gasteiger partial charge is 0.128 e. The number of halogens is 2. The van der Waals surface area contributed by atoms with E-state index in [0.29, 0.717) is 5.56 Å². The third-order valence-electron chi connectivity index (χ3n) is 3.35. The highest BCUT2D eigenvalue weighted by Gasteiger charge is 2.08. The summed E-state index contributed by atoms with van der Waals surface area (Å²) in [4.78, 5) is 0. The van der Waals surface area contributed by atoms with Gasteiger partial charge in [0.1, 0.15) is 11.6 Å². The maximum atomic E-state index is 13.7. The Morgan fingerprint density at radius 3 is 2.75 bits per heavy atom. The van der Waals surface area contributed by atoms with Gasteiger partial charge in [-0.05, 0) is 30.3 Å². The molecular formula is C16H12F2N2. The molecule has 0 aliphatic heterocycles. The fourth-order valence-corrected chi connectivity index (χ4v) is 2.36. The van der Waals surface area contributed by atoms with Crippen molar-refractivity contribution < 1.29 is 8.78 Å². The van der Waals surface area contributed by atoms with Crippen molar-refractivity contribution in [3.8, 4) is 0 Å². The zero-order valence-electron chi connectivity index (χ0n) is 10.6. The van der Waals surface area contributed by atoms with Crippen LogP contribution in [-0.2, 0) is 6.54 Å². The molecule has 2 nitrogen and oxygen atoms in total. The molecule has 0 unspecified atom stereocenters. The van der Waals surface area contributed by atoms with Crippen LogP contribution in [0.2, 0.25) is 0 Å². The lowest BCUT2D eigenvalue weighted by molar-refractivity contribution is 0.579. The number of nitrogens with one attached hydrogen (secondary N) is 1. The second kappa shape index (κ2) is 4.89. The lowest BCUT2D eigenvalue weighted by atomic mass is 10.1. The third kappa shape index (κ3) is 2.09. The zero-order valence-corrected chi connectivity index (χ0v) is 10.6. The predicted molar refractivity (Wildman–Crippen MR) is 75.3 cm³/mol. The standard InChI is InChI=1S/C16H12F2N2/c17-13-4-5-15(18)12(8-13)10-20-7-6-14-11(9-19)2-1-3-16(14)20/h1-9,19H,10H2. The molecule has 0 spiro atoms. The second-order valence-electron chi connectivity index (χ2n) is 4.60. The van der Waals surface area contributed by atoms with Crippen molar-refractivity contribution in [2.45, 2.75) is 6.54 Å². The molecule has 100 valence electrons. The van der Waals surface area contributed by atoms with Gasteiger partial charge in [0.15, 0.2) is 0 Å². The highest BCUT2D eigenvalue weighted by Crippen LogP contribution is 2.21. The minimum Gasteiger partial charge on any atom is -0.343 e. The van der Waals surface area contributed by atoms with Gasteiger partial charge < -0.3 is 9.98 Å². The van der Waals surface area contributed by atoms with Crippen LogP contribution in [0, 0.1) is 17.0 Å². The molecule has 4 heteroatoms. The van der Waals surface area contributed by atoms with Crippen LogP contribution in [0.25, 0.3) is 10.9 Å². The van der Waals surface area contributed by atoms with Crippen LogP contribution in [0.3, 0.4) is 0 Å². The van der Waals surface area contributed by atoms with E-state index in [-0.39, 0.29) is 6.54 Å². The van der Waals surface area contributed by atoms with Crippen molar-refractivity contribution in [1.82, 2.24) is 4.57 Å². The lowest BCUT2D eigenvalue weighted by Crippen LogP contribution is -2.01. The highest BCUT2D eigenvalue weighted by atomic mass is 19.1. The monoisotopic (exact) mass is 270 g/mol. The molecule has 0 amide bonds. The Kier molecular flexibility index (Phi) is 3.06. The SMILES string of the molecule is N=Cc1cccc2c1ccn2Cc1cc(F)ccc1F. The van der Waals surface area contributed by atoms with Crippen LogP contribution in [0.1, 0.15) is 11.1 Å². The van der Waals surface area contributed by atoms with E-state index in [1.54, 1.807) is 0 Å². The fraction of sp³-hybridized carbons (Fsp3) is 0.0625. The Bertz CT molecular complexity index is 790. The van der Waals surface area contributed by atoms with E-state index in [1.165, 1.54) is 12.3 Å². The lowest BCUT2D eigenvalue weighted by Gasteiger charge is -2.07. The Morgan fingerprint density at radius 2 is 1.95 bits per heavy atom. The molecule has 20 heavy (non-hydrogen) atoms. The van der Waals surface area contributed by atoms with E-state index in [9.17, 15) is 8.78 Å². The van der Waals surface area contributed by atoms with Gasteiger partial charge in [-0.3, -0.25) is 0 Å². The van der Waals surface area contributed by atoms with E-state index < -0.39 is 11.6 Å². The highest BCUT2D eigenvalue weighted by molar-refractivity contribution is 5.97. The van der Waals surface area contributed by atoms with E-state index in [2.05, 4.69) is 0 Å². The number of rotatable bonds is 3. The predicted octanol–water partition coefficient (Wildman–Crippen LogP) is 3.97. The minimum absolute atomic E-state index is 0.258. The quantitative estimate of drug-likeness (QED) is 0.698. The van der Waals surface area contributed by atoms with Gasteiger partial charge in [-0.15, -0.1) is 0 Å². The fourth-order valence-electron chi connectivity index (χ4n) is 2.36. The summed E-state index contributed by atoms with van der Waals surface area (Å²) < 4.78 is 28.7. The number of benzene rings is 2. The van der Waals surface area contributed by atoms with E-state index >= 15 is 0 Å². The summed E-state index contributed by atoms with van der Waals surface area (Å²) in [7, 11) is 0. The molecule has 0 saturated heterocycles. The van der Waals surface area contributed by atoms with Crippen LogP contribution < -0.4 is 0 Å². The van der Waals surface area contributed by atoms with Gasteiger partial charge in [-0.2, -0.15) is 0 Å². The van der Waals surface area contributed by atoms with Crippen LogP contribution in [0.15, 0.2) is 48.7 Å². The molecule has 0 bridgehead atoms. The first kappa shape index (κ1) is 12.5. The van der Waals surface area contributed by atoms with Gasteiger partial charge in [0.2, 0.25) is 0 Å². The van der Waals surface area contributed by atoms with Crippen molar-refractivity contribution in [3.63, 3.8) is 0 Å². The van der Waals surface area contributed by atoms with Gasteiger partial charge in [-0.25, -0.2) is 8.78 Å². The molecule has 1 heterocycles. The number of fused-ring (bicyclic) bond motifs is 1. The number of nitrogens with zero attached hydrogens (tertiary/aromatic N) is 1. The molecule has 1 aromatic heterocycles. The summed E-state index contributed by atoms with van der Waals surface area (Å²) in [6.45, 7) is 0.258. The molecule has 0 radical (unpaired) electrons. The first-order valence-corrected chi connectivity index (χ1v) is 6.21. The molecule has 0 fully saturated rings. The summed E-state index contributed by atoms with van der Waals surface area (Å²) in [5, 5.41) is 8.30. The Labute approximate surface area is 114 Å². The summed E-state index contributed by atoms with van der Waals surface area (Å²) >= 11 is 0. The van der Waals surface area contributed by atoms with Crippen LogP contribution in [-0.4, -0.2) is 10.8 Å². The molecule has 0 atom stereocenters. The Balaban J connectivity index is 2.07. The average Bonchev–Trinajstić information content (AvgIpc) is 2.86.